The Morgan fingerprint density at radius 3 is 2.69 bits per heavy atom. The number of amides is 1. The Hall–Kier alpha value is -3.74. The third-order valence-electron chi connectivity index (χ3n) is 6.07. The van der Waals surface area contributed by atoms with Gasteiger partial charge in [-0.1, -0.05) is 24.3 Å². The van der Waals surface area contributed by atoms with Crippen LogP contribution < -0.4 is 5.56 Å². The van der Waals surface area contributed by atoms with E-state index in [1.54, 1.807) is 29.2 Å². The third-order valence-corrected chi connectivity index (χ3v) is 6.07. The van der Waals surface area contributed by atoms with Crippen LogP contribution in [-0.2, 0) is 19.5 Å². The lowest BCUT2D eigenvalue weighted by atomic mass is 10.0. The maximum atomic E-state index is 14.7. The largest absolute Gasteiger partial charge is 0.347 e. The molecule has 0 saturated heterocycles. The number of carbonyl (C=O) groups excluding carboxylic acids is 1. The zero-order valence-corrected chi connectivity index (χ0v) is 17.9. The van der Waals surface area contributed by atoms with Gasteiger partial charge in [-0.25, -0.2) is 9.49 Å². The van der Waals surface area contributed by atoms with Crippen molar-refractivity contribution in [2.24, 2.45) is 0 Å². The molecule has 32 heavy (non-hydrogen) atoms. The molecule has 162 valence electrons. The van der Waals surface area contributed by atoms with Crippen molar-refractivity contribution < 1.29 is 9.18 Å². The van der Waals surface area contributed by atoms with Gasteiger partial charge < -0.3 is 9.47 Å². The van der Waals surface area contributed by atoms with Crippen molar-refractivity contribution in [3.05, 3.63) is 99.0 Å². The van der Waals surface area contributed by atoms with Crippen LogP contribution in [-0.4, -0.2) is 25.6 Å². The first-order valence-electron chi connectivity index (χ1n) is 10.6. The van der Waals surface area contributed by atoms with Crippen molar-refractivity contribution in [2.45, 2.75) is 39.4 Å². The van der Waals surface area contributed by atoms with E-state index in [-0.39, 0.29) is 17.0 Å². The summed E-state index contributed by atoms with van der Waals surface area (Å²) in [7, 11) is 0. The number of hydrogen-bond acceptors (Lipinski definition) is 3. The number of H-pyrrole nitrogens is 1. The van der Waals surface area contributed by atoms with Crippen LogP contribution in [0.2, 0.25) is 0 Å². The van der Waals surface area contributed by atoms with Crippen LogP contribution >= 0.6 is 0 Å². The molecule has 4 aromatic rings. The summed E-state index contributed by atoms with van der Waals surface area (Å²) in [4.78, 5) is 26.9. The summed E-state index contributed by atoms with van der Waals surface area (Å²) in [6.45, 7) is 5.14. The van der Waals surface area contributed by atoms with Crippen molar-refractivity contribution in [1.82, 2.24) is 19.7 Å². The Morgan fingerprint density at radius 2 is 1.91 bits per heavy atom. The van der Waals surface area contributed by atoms with Gasteiger partial charge in [0.2, 0.25) is 0 Å². The highest BCUT2D eigenvalue weighted by Crippen LogP contribution is 2.28. The van der Waals surface area contributed by atoms with Crippen LogP contribution in [0.1, 0.15) is 52.8 Å². The van der Waals surface area contributed by atoms with E-state index in [9.17, 15) is 14.0 Å². The first kappa shape index (κ1) is 20.2. The second-order valence-electron chi connectivity index (χ2n) is 8.49. The molecular weight excluding hydrogens is 407 g/mol. The van der Waals surface area contributed by atoms with Gasteiger partial charge in [0.15, 0.2) is 0 Å². The molecule has 0 bridgehead atoms. The lowest BCUT2D eigenvalue weighted by Gasteiger charge is -2.18. The molecule has 1 amide bonds. The summed E-state index contributed by atoms with van der Waals surface area (Å²) in [5.74, 6) is -0.864. The van der Waals surface area contributed by atoms with Gasteiger partial charge in [-0.15, -0.1) is 0 Å². The zero-order chi connectivity index (χ0) is 22.4. The van der Waals surface area contributed by atoms with Crippen LogP contribution in [0.25, 0.3) is 10.8 Å². The number of aromatic amines is 1. The minimum atomic E-state index is -0.540. The number of hydrogen-bond donors (Lipinski definition) is 1. The van der Waals surface area contributed by atoms with Crippen LogP contribution in [0.3, 0.4) is 0 Å². The smallest absolute Gasteiger partial charge is 0.272 e. The predicted octanol–water partition coefficient (Wildman–Crippen LogP) is 4.19. The van der Waals surface area contributed by atoms with E-state index in [2.05, 4.69) is 28.6 Å². The van der Waals surface area contributed by atoms with Crippen molar-refractivity contribution in [3.63, 3.8) is 0 Å². The SMILES string of the molecule is CC(C)n1ccc2c1CN(C(=O)c1cc(Cc3n[nH]c(=O)c4ccccc34)ccc1F)C2. The molecule has 0 fully saturated rings. The number of rotatable bonds is 4. The Kier molecular flexibility index (Phi) is 4.89. The van der Waals surface area contributed by atoms with Crippen molar-refractivity contribution >= 4 is 16.7 Å². The highest BCUT2D eigenvalue weighted by Gasteiger charge is 2.29. The minimum absolute atomic E-state index is 0.0532. The molecule has 6 nitrogen and oxygen atoms in total. The molecule has 1 N–H and O–H groups in total. The molecule has 5 rings (SSSR count). The van der Waals surface area contributed by atoms with Crippen LogP contribution in [0.15, 0.2) is 59.5 Å². The van der Waals surface area contributed by atoms with Gasteiger partial charge in [-0.2, -0.15) is 5.10 Å². The standard InChI is InChI=1S/C25H23FN4O2/c1-15(2)30-10-9-17-13-29(14-23(17)30)25(32)20-11-16(7-8-21(20)26)12-22-18-5-3-4-6-19(18)24(31)28-27-22/h3-11,15H,12-14H2,1-2H3,(H,28,31). The molecular formula is C25H23FN4O2. The van der Waals surface area contributed by atoms with Gasteiger partial charge in [0, 0.05) is 36.3 Å². The molecule has 2 aromatic carbocycles. The Balaban J connectivity index is 1.43. The molecule has 0 saturated carbocycles. The summed E-state index contributed by atoms with van der Waals surface area (Å²) in [5, 5.41) is 8.01. The van der Waals surface area contributed by atoms with Gasteiger partial charge >= 0.3 is 0 Å². The summed E-state index contributed by atoms with van der Waals surface area (Å²) < 4.78 is 16.8. The monoisotopic (exact) mass is 430 g/mol. The summed E-state index contributed by atoms with van der Waals surface area (Å²) in [6, 6.07) is 14.1. The number of nitrogens with one attached hydrogen (secondary N) is 1. The van der Waals surface area contributed by atoms with Crippen molar-refractivity contribution in [3.8, 4) is 0 Å². The number of benzene rings is 2. The summed E-state index contributed by atoms with van der Waals surface area (Å²) in [6.07, 6.45) is 2.41. The first-order chi connectivity index (χ1) is 15.4. The lowest BCUT2D eigenvalue weighted by molar-refractivity contribution is 0.0743. The van der Waals surface area contributed by atoms with Crippen molar-refractivity contribution in [2.75, 3.05) is 0 Å². The van der Waals surface area contributed by atoms with E-state index in [1.807, 2.05) is 24.4 Å². The van der Waals surface area contributed by atoms with Crippen LogP contribution in [0.4, 0.5) is 4.39 Å². The highest BCUT2D eigenvalue weighted by molar-refractivity contribution is 5.95. The fourth-order valence-electron chi connectivity index (χ4n) is 4.44. The van der Waals surface area contributed by atoms with E-state index in [4.69, 9.17) is 0 Å². The van der Waals surface area contributed by atoms with Crippen LogP contribution in [0.5, 0.6) is 0 Å². The maximum Gasteiger partial charge on any atom is 0.272 e. The Labute approximate surface area is 184 Å². The second kappa shape index (κ2) is 7.75. The van der Waals surface area contributed by atoms with Gasteiger partial charge in [0.05, 0.1) is 23.2 Å². The molecule has 0 radical (unpaired) electrons. The third kappa shape index (κ3) is 3.39. The normalized spacial score (nSPS) is 13.2. The fraction of sp³-hybridized carbons (Fsp3) is 0.240. The first-order valence-corrected chi connectivity index (χ1v) is 10.6. The van der Waals surface area contributed by atoms with Gasteiger partial charge in [0.1, 0.15) is 5.82 Å². The second-order valence-corrected chi connectivity index (χ2v) is 8.49. The lowest BCUT2D eigenvalue weighted by Crippen LogP contribution is -2.27. The number of fused-ring (bicyclic) bond motifs is 2. The molecule has 0 spiro atoms. The molecule has 1 aliphatic heterocycles. The molecule has 2 aromatic heterocycles. The molecule has 0 aliphatic carbocycles. The Bertz CT molecular complexity index is 1400. The molecule has 7 heteroatoms. The van der Waals surface area contributed by atoms with E-state index in [0.717, 1.165) is 22.2 Å². The molecule has 1 aliphatic rings. The number of aromatic nitrogens is 3. The number of nitrogens with zero attached hydrogens (tertiary/aromatic N) is 3. The van der Waals surface area contributed by atoms with E-state index >= 15 is 0 Å². The summed E-state index contributed by atoms with van der Waals surface area (Å²) in [5.41, 5.74) is 3.44. The topological polar surface area (TPSA) is 71.0 Å². The van der Waals surface area contributed by atoms with E-state index in [1.165, 1.54) is 6.07 Å². The van der Waals surface area contributed by atoms with E-state index < -0.39 is 5.82 Å². The average Bonchev–Trinajstić information content (AvgIpc) is 3.37. The highest BCUT2D eigenvalue weighted by atomic mass is 19.1. The molecule has 3 heterocycles. The minimum Gasteiger partial charge on any atom is -0.347 e. The van der Waals surface area contributed by atoms with Crippen LogP contribution in [0, 0.1) is 5.82 Å². The quantitative estimate of drug-likeness (QED) is 0.528. The summed E-state index contributed by atoms with van der Waals surface area (Å²) >= 11 is 0. The molecule has 0 unspecified atom stereocenters. The van der Waals surface area contributed by atoms with Crippen molar-refractivity contribution in [1.29, 1.82) is 0 Å². The Morgan fingerprint density at radius 1 is 1.12 bits per heavy atom. The van der Waals surface area contributed by atoms with Gasteiger partial charge in [0.25, 0.3) is 11.5 Å². The van der Waals surface area contributed by atoms with Gasteiger partial charge in [-0.05, 0) is 49.2 Å². The number of carbonyl (C=O) groups is 1. The van der Waals surface area contributed by atoms with E-state index in [0.29, 0.717) is 36.6 Å². The maximum absolute atomic E-state index is 14.7. The predicted molar refractivity (Wildman–Crippen MR) is 120 cm³/mol. The average molecular weight is 430 g/mol. The number of halogens is 1. The molecule has 0 atom stereocenters. The van der Waals surface area contributed by atoms with Gasteiger partial charge in [-0.3, -0.25) is 9.59 Å². The zero-order valence-electron chi connectivity index (χ0n) is 17.9. The fourth-order valence-corrected chi connectivity index (χ4v) is 4.44.